The molecule has 32 heavy (non-hydrogen) atoms. The Kier molecular flexibility index (Phi) is 9.15. The Morgan fingerprint density at radius 2 is 1.56 bits per heavy atom. The molecule has 0 saturated carbocycles. The first kappa shape index (κ1) is 25.9. The average molecular weight is 454 g/mol. The van der Waals surface area contributed by atoms with E-state index in [-0.39, 0.29) is 5.91 Å². The van der Waals surface area contributed by atoms with Crippen molar-refractivity contribution in [2.24, 2.45) is 0 Å². The highest BCUT2D eigenvalue weighted by molar-refractivity contribution is 5.91. The van der Waals surface area contributed by atoms with Crippen molar-refractivity contribution in [3.8, 4) is 5.75 Å². The normalized spacial score (nSPS) is 10.3. The molecule has 0 fully saturated rings. The SMILES string of the molecule is CCN(CC)CC(=O)Nc1onc(C)c1C.O=[N+]([O-])c1cc([N+](=O)[O-])c(O)c([N+](=O)[O-])c1. The highest BCUT2D eigenvalue weighted by Gasteiger charge is 2.30. The van der Waals surface area contributed by atoms with Crippen LogP contribution in [0.4, 0.5) is 22.9 Å². The van der Waals surface area contributed by atoms with Gasteiger partial charge in [-0.3, -0.25) is 45.4 Å². The molecule has 0 atom stereocenters. The molecule has 1 aromatic carbocycles. The summed E-state index contributed by atoms with van der Waals surface area (Å²) in [5, 5.41) is 46.7. The molecule has 174 valence electrons. The fourth-order valence-corrected chi connectivity index (χ4v) is 2.32. The summed E-state index contributed by atoms with van der Waals surface area (Å²) in [6.07, 6.45) is 0. The molecule has 2 aromatic rings. The molecular weight excluding hydrogens is 432 g/mol. The van der Waals surface area contributed by atoms with Gasteiger partial charge in [-0.05, 0) is 26.9 Å². The van der Waals surface area contributed by atoms with Crippen LogP contribution in [0.25, 0.3) is 0 Å². The minimum atomic E-state index is -1.21. The van der Waals surface area contributed by atoms with E-state index in [1.165, 1.54) is 0 Å². The van der Waals surface area contributed by atoms with E-state index in [2.05, 4.69) is 10.5 Å². The number of hydrogen-bond acceptors (Lipinski definition) is 11. The third kappa shape index (κ3) is 6.69. The number of rotatable bonds is 8. The molecule has 2 rings (SSSR count). The van der Waals surface area contributed by atoms with Crippen molar-refractivity contribution < 1.29 is 29.2 Å². The van der Waals surface area contributed by atoms with Crippen LogP contribution >= 0.6 is 0 Å². The number of nitro groups is 3. The molecule has 1 heterocycles. The maximum Gasteiger partial charge on any atom is 0.324 e. The third-order valence-corrected chi connectivity index (χ3v) is 4.33. The molecule has 0 spiro atoms. The summed E-state index contributed by atoms with van der Waals surface area (Å²) in [7, 11) is 0. The van der Waals surface area contributed by atoms with Crippen LogP contribution in [-0.2, 0) is 4.79 Å². The van der Waals surface area contributed by atoms with Crippen molar-refractivity contribution in [3.05, 3.63) is 53.7 Å². The van der Waals surface area contributed by atoms with Crippen LogP contribution in [0.15, 0.2) is 16.7 Å². The van der Waals surface area contributed by atoms with E-state index in [4.69, 9.17) is 9.63 Å². The van der Waals surface area contributed by atoms with E-state index in [0.29, 0.717) is 24.6 Å². The Morgan fingerprint density at radius 3 is 1.91 bits per heavy atom. The molecule has 0 radical (unpaired) electrons. The number of phenols is 1. The van der Waals surface area contributed by atoms with Gasteiger partial charge in [-0.1, -0.05) is 19.0 Å². The summed E-state index contributed by atoms with van der Waals surface area (Å²) in [5.74, 6) is -0.821. The van der Waals surface area contributed by atoms with Gasteiger partial charge in [-0.25, -0.2) is 0 Å². The second kappa shape index (κ2) is 11.3. The molecular formula is C17H22N6O9. The van der Waals surface area contributed by atoms with E-state index in [1.54, 1.807) is 0 Å². The molecule has 0 aliphatic rings. The van der Waals surface area contributed by atoms with Gasteiger partial charge in [0.25, 0.3) is 11.4 Å². The number of nitrogens with zero attached hydrogens (tertiary/aromatic N) is 5. The van der Waals surface area contributed by atoms with Crippen molar-refractivity contribution >= 4 is 28.9 Å². The van der Waals surface area contributed by atoms with Gasteiger partial charge >= 0.3 is 11.4 Å². The van der Waals surface area contributed by atoms with Gasteiger partial charge < -0.3 is 9.63 Å². The molecule has 1 amide bonds. The number of aryl methyl sites for hydroxylation is 1. The van der Waals surface area contributed by atoms with Crippen molar-refractivity contribution in [3.63, 3.8) is 0 Å². The van der Waals surface area contributed by atoms with Gasteiger partial charge in [0, 0.05) is 5.56 Å². The van der Waals surface area contributed by atoms with Crippen LogP contribution in [-0.4, -0.2) is 55.5 Å². The monoisotopic (exact) mass is 454 g/mol. The number of carbonyl (C=O) groups is 1. The number of nitro benzene ring substituents is 3. The number of aromatic nitrogens is 1. The van der Waals surface area contributed by atoms with E-state index in [1.807, 2.05) is 32.6 Å². The smallest absolute Gasteiger partial charge is 0.324 e. The molecule has 0 aliphatic carbocycles. The number of anilines is 1. The van der Waals surface area contributed by atoms with E-state index in [9.17, 15) is 35.1 Å². The number of phenolic OH excluding ortho intramolecular Hbond substituents is 1. The van der Waals surface area contributed by atoms with Crippen molar-refractivity contribution in [2.75, 3.05) is 25.0 Å². The summed E-state index contributed by atoms with van der Waals surface area (Å²) in [4.78, 5) is 41.5. The standard InChI is InChI=1S/C11H19N3O2.C6H3N3O7/c1-5-14(6-2)7-10(15)12-11-8(3)9(4)13-16-11;10-6-4(8(13)14)1-3(7(11)12)2-5(6)9(15)16/h5-7H2,1-4H3,(H,12,15);1-2,10H. The number of nitrogens with one attached hydrogen (secondary N) is 1. The third-order valence-electron chi connectivity index (χ3n) is 4.33. The summed E-state index contributed by atoms with van der Waals surface area (Å²) in [6, 6.07) is 0.894. The Labute approximate surface area is 181 Å². The zero-order chi connectivity index (χ0) is 24.6. The Balaban J connectivity index is 0.000000320. The first-order valence-electron chi connectivity index (χ1n) is 9.18. The fourth-order valence-electron chi connectivity index (χ4n) is 2.32. The highest BCUT2D eigenvalue weighted by atomic mass is 16.6. The molecule has 2 N–H and O–H groups in total. The highest BCUT2D eigenvalue weighted by Crippen LogP contribution is 2.38. The summed E-state index contributed by atoms with van der Waals surface area (Å²) in [6.45, 7) is 9.88. The summed E-state index contributed by atoms with van der Waals surface area (Å²) in [5.41, 5.74) is -1.32. The average Bonchev–Trinajstić information content (AvgIpc) is 3.04. The zero-order valence-electron chi connectivity index (χ0n) is 17.7. The minimum Gasteiger partial charge on any atom is -0.497 e. The lowest BCUT2D eigenvalue weighted by Crippen LogP contribution is -2.32. The van der Waals surface area contributed by atoms with Gasteiger partial charge in [0.15, 0.2) is 0 Å². The number of amides is 1. The largest absolute Gasteiger partial charge is 0.497 e. The lowest BCUT2D eigenvalue weighted by molar-refractivity contribution is -0.404. The number of carbonyl (C=O) groups excluding carboxylic acids is 1. The predicted octanol–water partition coefficient (Wildman–Crippen LogP) is 2.69. The zero-order valence-corrected chi connectivity index (χ0v) is 17.7. The molecule has 1 aromatic heterocycles. The van der Waals surface area contributed by atoms with Crippen molar-refractivity contribution in [1.82, 2.24) is 10.1 Å². The van der Waals surface area contributed by atoms with Gasteiger partial charge in [0.05, 0.1) is 39.1 Å². The number of non-ortho nitro benzene ring substituents is 1. The molecule has 0 unspecified atom stereocenters. The van der Waals surface area contributed by atoms with E-state index in [0.717, 1.165) is 24.3 Å². The predicted molar refractivity (Wildman–Crippen MR) is 110 cm³/mol. The van der Waals surface area contributed by atoms with Gasteiger partial charge in [0.1, 0.15) is 0 Å². The molecule has 0 aliphatic heterocycles. The van der Waals surface area contributed by atoms with Crippen LogP contribution in [0.5, 0.6) is 5.75 Å². The Hall–Kier alpha value is -4.14. The van der Waals surface area contributed by atoms with E-state index < -0.39 is 37.6 Å². The lowest BCUT2D eigenvalue weighted by Gasteiger charge is -2.16. The van der Waals surface area contributed by atoms with Crippen LogP contribution in [0.3, 0.4) is 0 Å². The van der Waals surface area contributed by atoms with Gasteiger partial charge in [-0.15, -0.1) is 0 Å². The van der Waals surface area contributed by atoms with Crippen LogP contribution < -0.4 is 5.32 Å². The maximum atomic E-state index is 11.7. The van der Waals surface area contributed by atoms with Crippen LogP contribution in [0, 0.1) is 44.2 Å². The first-order chi connectivity index (χ1) is 14.9. The minimum absolute atomic E-state index is 0.0667. The Bertz CT molecular complexity index is 981. The van der Waals surface area contributed by atoms with Crippen LogP contribution in [0.2, 0.25) is 0 Å². The molecule has 15 heteroatoms. The quantitative estimate of drug-likeness (QED) is 0.437. The second-order valence-corrected chi connectivity index (χ2v) is 6.34. The van der Waals surface area contributed by atoms with Gasteiger partial charge in [-0.2, -0.15) is 0 Å². The molecule has 0 saturated heterocycles. The molecule has 15 nitrogen and oxygen atoms in total. The number of hydrogen-bond donors (Lipinski definition) is 2. The number of aromatic hydroxyl groups is 1. The molecule has 0 bridgehead atoms. The fraction of sp³-hybridized carbons (Fsp3) is 0.412. The Morgan fingerprint density at radius 1 is 1.06 bits per heavy atom. The first-order valence-corrected chi connectivity index (χ1v) is 9.18. The second-order valence-electron chi connectivity index (χ2n) is 6.34. The van der Waals surface area contributed by atoms with Crippen LogP contribution in [0.1, 0.15) is 25.1 Å². The summed E-state index contributed by atoms with van der Waals surface area (Å²) < 4.78 is 5.01. The van der Waals surface area contributed by atoms with Crippen molar-refractivity contribution in [2.45, 2.75) is 27.7 Å². The lowest BCUT2D eigenvalue weighted by atomic mass is 10.2. The number of likely N-dealkylation sites (N-methyl/N-ethyl adjacent to an activating group) is 1. The maximum absolute atomic E-state index is 11.7. The van der Waals surface area contributed by atoms with E-state index >= 15 is 0 Å². The summed E-state index contributed by atoms with van der Waals surface area (Å²) >= 11 is 0. The van der Waals surface area contributed by atoms with Crippen molar-refractivity contribution in [1.29, 1.82) is 0 Å². The topological polar surface area (TPSA) is 208 Å². The van der Waals surface area contributed by atoms with Gasteiger partial charge in [0.2, 0.25) is 11.8 Å². The number of benzene rings is 1.